The predicted octanol–water partition coefficient (Wildman–Crippen LogP) is 9.17. The molecule has 27 heavy (non-hydrogen) atoms. The third-order valence-electron chi connectivity index (χ3n) is 5.48. The molecule has 0 fully saturated rings. The topological polar surface area (TPSA) is 38.2 Å². The van der Waals surface area contributed by atoms with Crippen LogP contribution in [0.25, 0.3) is 0 Å². The second-order valence-electron chi connectivity index (χ2n) is 8.14. The van der Waals surface area contributed by atoms with Crippen LogP contribution in [0.1, 0.15) is 144 Å². The molecule has 2 nitrogen and oxygen atoms in total. The Balaban J connectivity index is -0.00000288. The zero-order valence-electron chi connectivity index (χ0n) is 19.0. The summed E-state index contributed by atoms with van der Waals surface area (Å²) in [5, 5.41) is 0. The Morgan fingerprint density at radius 2 is 0.593 bits per heavy atom. The fourth-order valence-corrected chi connectivity index (χ4v) is 3.68. The maximum absolute atomic E-state index is 2.79. The van der Waals surface area contributed by atoms with E-state index in [1.54, 1.807) is 0 Å². The van der Waals surface area contributed by atoms with Gasteiger partial charge in [0.25, 0.3) is 0 Å². The van der Waals surface area contributed by atoms with E-state index in [1.807, 2.05) is 0 Å². The summed E-state index contributed by atoms with van der Waals surface area (Å²) in [7, 11) is 0. The minimum atomic E-state index is 0. The van der Waals surface area contributed by atoms with Gasteiger partial charge in [-0.2, -0.15) is 0 Å². The standard InChI is InChI=1S/C24H51N.CH4.H3N/c1-4-7-10-13-16-19-22-25(23-20-17-14-11-8-5-2)24-21-18-15-12-9-6-3;;/h4-24H2,1-3H3;1H4;1H3. The van der Waals surface area contributed by atoms with Gasteiger partial charge in [-0.25, -0.2) is 0 Å². The molecule has 0 aromatic rings. The average molecular weight is 387 g/mol. The molecule has 2 heteroatoms. The number of rotatable bonds is 21. The van der Waals surface area contributed by atoms with Crippen molar-refractivity contribution >= 4 is 0 Å². The molecule has 0 aromatic heterocycles. The first-order valence-electron chi connectivity index (χ1n) is 12.1. The largest absolute Gasteiger partial charge is 0.344 e. The van der Waals surface area contributed by atoms with Crippen LogP contribution >= 0.6 is 0 Å². The van der Waals surface area contributed by atoms with Crippen molar-refractivity contribution in [2.24, 2.45) is 0 Å². The van der Waals surface area contributed by atoms with Crippen LogP contribution in [0.5, 0.6) is 0 Å². The summed E-state index contributed by atoms with van der Waals surface area (Å²) in [6, 6.07) is 0. The minimum absolute atomic E-state index is 0. The molecule has 0 heterocycles. The smallest absolute Gasteiger partial charge is 0.00187 e. The van der Waals surface area contributed by atoms with E-state index < -0.39 is 0 Å². The van der Waals surface area contributed by atoms with Gasteiger partial charge in [-0.3, -0.25) is 0 Å². The summed E-state index contributed by atoms with van der Waals surface area (Å²) in [6.07, 6.45) is 25.7. The van der Waals surface area contributed by atoms with Crippen molar-refractivity contribution in [3.8, 4) is 0 Å². The number of hydrogen-bond acceptors (Lipinski definition) is 2. The van der Waals surface area contributed by atoms with Gasteiger partial charge in [0.05, 0.1) is 0 Å². The number of unbranched alkanes of at least 4 members (excludes halogenated alkanes) is 15. The fourth-order valence-electron chi connectivity index (χ4n) is 3.68. The van der Waals surface area contributed by atoms with Crippen molar-refractivity contribution in [1.29, 1.82) is 0 Å². The fraction of sp³-hybridized carbons (Fsp3) is 1.00. The first-order chi connectivity index (χ1) is 12.3. The maximum Gasteiger partial charge on any atom is -0.00187 e. The van der Waals surface area contributed by atoms with Crippen molar-refractivity contribution in [2.75, 3.05) is 19.6 Å². The molecule has 0 saturated heterocycles. The van der Waals surface area contributed by atoms with Crippen molar-refractivity contribution < 1.29 is 0 Å². The monoisotopic (exact) mass is 386 g/mol. The van der Waals surface area contributed by atoms with Crippen LogP contribution in [0.2, 0.25) is 0 Å². The molecule has 0 bridgehead atoms. The Morgan fingerprint density at radius 1 is 0.370 bits per heavy atom. The second-order valence-corrected chi connectivity index (χ2v) is 8.14. The number of nitrogens with zero attached hydrogens (tertiary/aromatic N) is 1. The summed E-state index contributed by atoms with van der Waals surface area (Å²) < 4.78 is 0. The molecule has 0 spiro atoms. The Bertz CT molecular complexity index is 192. The van der Waals surface area contributed by atoms with Crippen LogP contribution < -0.4 is 6.15 Å². The molecule has 0 rings (SSSR count). The predicted molar refractivity (Wildman–Crippen MR) is 128 cm³/mol. The quantitative estimate of drug-likeness (QED) is 0.200. The Morgan fingerprint density at radius 3 is 0.852 bits per heavy atom. The Hall–Kier alpha value is -0.0800. The molecular weight excluding hydrogens is 328 g/mol. The third-order valence-corrected chi connectivity index (χ3v) is 5.48. The van der Waals surface area contributed by atoms with Crippen LogP contribution in [-0.4, -0.2) is 24.5 Å². The molecule has 0 aliphatic rings. The average Bonchev–Trinajstić information content (AvgIpc) is 2.63. The van der Waals surface area contributed by atoms with Gasteiger partial charge in [0.2, 0.25) is 0 Å². The highest BCUT2D eigenvalue weighted by molar-refractivity contribution is 4.60. The van der Waals surface area contributed by atoms with E-state index in [4.69, 9.17) is 0 Å². The van der Waals surface area contributed by atoms with E-state index in [2.05, 4.69) is 25.7 Å². The first-order valence-corrected chi connectivity index (χ1v) is 12.1. The molecular formula is C25H58N2. The van der Waals surface area contributed by atoms with E-state index in [0.29, 0.717) is 0 Å². The summed E-state index contributed by atoms with van der Waals surface area (Å²) in [6.45, 7) is 11.0. The first kappa shape index (κ1) is 31.6. The Kier molecular flexibility index (Phi) is 32.9. The molecule has 3 N–H and O–H groups in total. The van der Waals surface area contributed by atoms with Gasteiger partial charge in [-0.1, -0.05) is 125 Å². The zero-order valence-corrected chi connectivity index (χ0v) is 19.0. The van der Waals surface area contributed by atoms with Gasteiger partial charge in [0.15, 0.2) is 0 Å². The van der Waals surface area contributed by atoms with Gasteiger partial charge in [0, 0.05) is 0 Å². The molecule has 0 saturated carbocycles. The molecule has 0 radical (unpaired) electrons. The van der Waals surface area contributed by atoms with Crippen molar-refractivity contribution in [3.63, 3.8) is 0 Å². The van der Waals surface area contributed by atoms with Gasteiger partial charge in [-0.15, -0.1) is 0 Å². The normalized spacial score (nSPS) is 10.7. The summed E-state index contributed by atoms with van der Waals surface area (Å²) in [4.78, 5) is 2.79. The second kappa shape index (κ2) is 28.1. The van der Waals surface area contributed by atoms with E-state index in [-0.39, 0.29) is 13.6 Å². The lowest BCUT2D eigenvalue weighted by Crippen LogP contribution is -2.27. The van der Waals surface area contributed by atoms with Crippen LogP contribution in [0.15, 0.2) is 0 Å². The minimum Gasteiger partial charge on any atom is -0.344 e. The van der Waals surface area contributed by atoms with Crippen molar-refractivity contribution in [2.45, 2.75) is 144 Å². The highest BCUT2D eigenvalue weighted by Gasteiger charge is 2.05. The van der Waals surface area contributed by atoms with Crippen LogP contribution in [0.3, 0.4) is 0 Å². The summed E-state index contributed by atoms with van der Waals surface area (Å²) in [5.41, 5.74) is 0. The van der Waals surface area contributed by atoms with Crippen molar-refractivity contribution in [3.05, 3.63) is 0 Å². The lowest BCUT2D eigenvalue weighted by atomic mass is 10.1. The van der Waals surface area contributed by atoms with E-state index in [0.717, 1.165) is 0 Å². The van der Waals surface area contributed by atoms with Gasteiger partial charge in [0.1, 0.15) is 0 Å². The molecule has 0 amide bonds. The van der Waals surface area contributed by atoms with Crippen LogP contribution in [-0.2, 0) is 0 Å². The maximum atomic E-state index is 2.79. The van der Waals surface area contributed by atoms with Gasteiger partial charge in [-0.05, 0) is 38.9 Å². The SMILES string of the molecule is C.CCCCCCCCN(CCCCCCCC)CCCCCCCC.N. The van der Waals surface area contributed by atoms with E-state index in [9.17, 15) is 0 Å². The van der Waals surface area contributed by atoms with Crippen LogP contribution in [0.4, 0.5) is 0 Å². The summed E-state index contributed by atoms with van der Waals surface area (Å²) >= 11 is 0. The molecule has 0 unspecified atom stereocenters. The lowest BCUT2D eigenvalue weighted by Gasteiger charge is -2.22. The van der Waals surface area contributed by atoms with Gasteiger partial charge >= 0.3 is 0 Å². The van der Waals surface area contributed by atoms with Crippen molar-refractivity contribution in [1.82, 2.24) is 11.1 Å². The third kappa shape index (κ3) is 25.9. The molecule has 0 aliphatic carbocycles. The zero-order chi connectivity index (χ0) is 18.4. The molecule has 0 aromatic carbocycles. The summed E-state index contributed by atoms with van der Waals surface area (Å²) in [5.74, 6) is 0. The highest BCUT2D eigenvalue weighted by Crippen LogP contribution is 2.11. The van der Waals surface area contributed by atoms with Gasteiger partial charge < -0.3 is 11.1 Å². The highest BCUT2D eigenvalue weighted by atomic mass is 15.1. The lowest BCUT2D eigenvalue weighted by molar-refractivity contribution is 0.254. The van der Waals surface area contributed by atoms with Crippen LogP contribution in [0, 0.1) is 0 Å². The van der Waals surface area contributed by atoms with E-state index in [1.165, 1.54) is 135 Å². The molecule has 168 valence electrons. The molecule has 0 atom stereocenters. The number of hydrogen-bond donors (Lipinski definition) is 1. The Labute approximate surface area is 174 Å². The molecule has 0 aliphatic heterocycles. The van der Waals surface area contributed by atoms with E-state index >= 15 is 0 Å².